The van der Waals surface area contributed by atoms with E-state index in [1.54, 1.807) is 0 Å². The minimum Gasteiger partial charge on any atom is -0.494 e. The molecule has 0 saturated carbocycles. The van der Waals surface area contributed by atoms with Crippen LogP contribution in [0.3, 0.4) is 0 Å². The summed E-state index contributed by atoms with van der Waals surface area (Å²) in [6, 6.07) is 15.4. The summed E-state index contributed by atoms with van der Waals surface area (Å²) < 4.78 is 8.04. The number of carbonyl (C=O) groups excluding carboxylic acids is 1. The molecular formula is C25H32ClN3O2. The first-order valence-electron chi connectivity index (χ1n) is 11.2. The molecule has 166 valence electrons. The predicted molar refractivity (Wildman–Crippen MR) is 127 cm³/mol. The maximum absolute atomic E-state index is 12.6. The summed E-state index contributed by atoms with van der Waals surface area (Å²) in [7, 11) is 0. The number of hydrogen-bond acceptors (Lipinski definition) is 3. The van der Waals surface area contributed by atoms with Crippen molar-refractivity contribution in [1.82, 2.24) is 14.9 Å². The molecule has 1 heterocycles. The maximum atomic E-state index is 12.6. The minimum absolute atomic E-state index is 0.0466. The number of imidazole rings is 1. The van der Waals surface area contributed by atoms with Crippen LogP contribution in [0, 0.1) is 5.92 Å². The number of aromatic nitrogens is 2. The molecule has 0 aliphatic rings. The Morgan fingerprint density at radius 1 is 1.10 bits per heavy atom. The number of aryl methyl sites for hydroxylation is 1. The second-order valence-corrected chi connectivity index (χ2v) is 8.30. The van der Waals surface area contributed by atoms with Gasteiger partial charge < -0.3 is 14.6 Å². The van der Waals surface area contributed by atoms with Crippen molar-refractivity contribution in [3.8, 4) is 5.75 Å². The van der Waals surface area contributed by atoms with E-state index in [2.05, 4.69) is 29.8 Å². The first-order valence-corrected chi connectivity index (χ1v) is 11.5. The summed E-state index contributed by atoms with van der Waals surface area (Å²) in [5.74, 6) is 1.88. The predicted octanol–water partition coefficient (Wildman–Crippen LogP) is 6.16. The van der Waals surface area contributed by atoms with Gasteiger partial charge in [-0.2, -0.15) is 0 Å². The molecule has 5 nitrogen and oxygen atoms in total. The standard InChI is InChI=1S/C25H32ClN3O2/c1-4-19(5-2)25(30)27-18(3)24-28-22-10-6-7-11-23(22)29(24)16-8-9-17-31-21-14-12-20(26)13-15-21/h6-7,10-15,18-19H,4-5,8-9,16-17H2,1-3H3,(H,27,30). The van der Waals surface area contributed by atoms with E-state index in [1.165, 1.54) is 0 Å². The molecule has 0 spiro atoms. The third kappa shape index (κ3) is 6.01. The zero-order valence-electron chi connectivity index (χ0n) is 18.6. The lowest BCUT2D eigenvalue weighted by Gasteiger charge is -2.19. The van der Waals surface area contributed by atoms with Crippen LogP contribution in [0.25, 0.3) is 11.0 Å². The van der Waals surface area contributed by atoms with Gasteiger partial charge in [0.25, 0.3) is 0 Å². The van der Waals surface area contributed by atoms with Crippen molar-refractivity contribution in [2.45, 2.75) is 59.0 Å². The molecule has 0 aliphatic carbocycles. The van der Waals surface area contributed by atoms with Gasteiger partial charge in [0.05, 0.1) is 23.7 Å². The van der Waals surface area contributed by atoms with Crippen molar-refractivity contribution >= 4 is 28.5 Å². The summed E-state index contributed by atoms with van der Waals surface area (Å²) >= 11 is 5.92. The smallest absolute Gasteiger partial charge is 0.223 e. The summed E-state index contributed by atoms with van der Waals surface area (Å²) in [6.45, 7) is 7.59. The third-order valence-electron chi connectivity index (χ3n) is 5.64. The first-order chi connectivity index (χ1) is 15.0. The average molecular weight is 442 g/mol. The van der Waals surface area contributed by atoms with Crippen LogP contribution >= 0.6 is 11.6 Å². The molecule has 6 heteroatoms. The highest BCUT2D eigenvalue weighted by atomic mass is 35.5. The van der Waals surface area contributed by atoms with Crippen molar-refractivity contribution in [3.05, 3.63) is 59.4 Å². The number of nitrogens with zero attached hydrogens (tertiary/aromatic N) is 2. The van der Waals surface area contributed by atoms with Gasteiger partial charge in [-0.15, -0.1) is 0 Å². The van der Waals surface area contributed by atoms with Crippen molar-refractivity contribution in [1.29, 1.82) is 0 Å². The third-order valence-corrected chi connectivity index (χ3v) is 5.90. The number of unbranched alkanes of at least 4 members (excludes halogenated alkanes) is 1. The van der Waals surface area contributed by atoms with Crippen LogP contribution in [0.5, 0.6) is 5.75 Å². The van der Waals surface area contributed by atoms with Crippen LogP contribution < -0.4 is 10.1 Å². The van der Waals surface area contributed by atoms with Gasteiger partial charge in [0.1, 0.15) is 11.6 Å². The molecule has 2 aromatic carbocycles. The summed E-state index contributed by atoms with van der Waals surface area (Å²) in [6.07, 6.45) is 3.56. The maximum Gasteiger partial charge on any atom is 0.223 e. The van der Waals surface area contributed by atoms with E-state index in [9.17, 15) is 4.79 Å². The van der Waals surface area contributed by atoms with E-state index < -0.39 is 0 Å². The Kier molecular flexibility index (Phi) is 8.35. The van der Waals surface area contributed by atoms with Crippen LogP contribution in [-0.2, 0) is 11.3 Å². The van der Waals surface area contributed by atoms with Crippen LogP contribution in [0.1, 0.15) is 58.3 Å². The number of hydrogen-bond donors (Lipinski definition) is 1. The molecule has 1 N–H and O–H groups in total. The van der Waals surface area contributed by atoms with Gasteiger partial charge in [-0.1, -0.05) is 37.6 Å². The minimum atomic E-state index is -0.147. The Morgan fingerprint density at radius 2 is 1.81 bits per heavy atom. The number of amides is 1. The molecule has 1 unspecified atom stereocenters. The number of halogens is 1. The fraction of sp³-hybridized carbons (Fsp3) is 0.440. The molecule has 3 aromatic rings. The molecule has 31 heavy (non-hydrogen) atoms. The highest BCUT2D eigenvalue weighted by molar-refractivity contribution is 6.30. The van der Waals surface area contributed by atoms with Crippen LogP contribution in [-0.4, -0.2) is 22.1 Å². The molecule has 0 saturated heterocycles. The average Bonchev–Trinajstić information content (AvgIpc) is 3.14. The fourth-order valence-electron chi connectivity index (χ4n) is 3.81. The number of fused-ring (bicyclic) bond motifs is 1. The van der Waals surface area contributed by atoms with E-state index in [1.807, 2.05) is 49.4 Å². The Hall–Kier alpha value is -2.53. The van der Waals surface area contributed by atoms with Gasteiger partial charge in [-0.05, 0) is 69.0 Å². The number of ether oxygens (including phenoxy) is 1. The van der Waals surface area contributed by atoms with E-state index in [0.717, 1.165) is 54.8 Å². The van der Waals surface area contributed by atoms with E-state index in [4.69, 9.17) is 21.3 Å². The molecule has 1 atom stereocenters. The quantitative estimate of drug-likeness (QED) is 0.362. The lowest BCUT2D eigenvalue weighted by Crippen LogP contribution is -2.33. The van der Waals surface area contributed by atoms with Gasteiger partial charge in [-0.25, -0.2) is 4.98 Å². The number of rotatable bonds is 11. The van der Waals surface area contributed by atoms with E-state index >= 15 is 0 Å². The summed E-state index contributed by atoms with van der Waals surface area (Å²) in [5, 5.41) is 3.88. The molecular weight excluding hydrogens is 410 g/mol. The molecule has 0 radical (unpaired) electrons. The van der Waals surface area contributed by atoms with Crippen molar-refractivity contribution in [2.24, 2.45) is 5.92 Å². The first kappa shape index (κ1) is 23.1. The molecule has 3 rings (SSSR count). The van der Waals surface area contributed by atoms with Crippen molar-refractivity contribution in [3.63, 3.8) is 0 Å². The normalized spacial score (nSPS) is 12.3. The molecule has 0 fully saturated rings. The SMILES string of the molecule is CCC(CC)C(=O)NC(C)c1nc2ccccc2n1CCCCOc1ccc(Cl)cc1. The molecule has 1 amide bonds. The lowest BCUT2D eigenvalue weighted by atomic mass is 10.0. The topological polar surface area (TPSA) is 56.2 Å². The Balaban J connectivity index is 1.64. The van der Waals surface area contributed by atoms with Crippen LogP contribution in [0.2, 0.25) is 5.02 Å². The Morgan fingerprint density at radius 3 is 2.52 bits per heavy atom. The van der Waals surface area contributed by atoms with Crippen LogP contribution in [0.15, 0.2) is 48.5 Å². The molecule has 0 aliphatic heterocycles. The Bertz CT molecular complexity index is 980. The second kappa shape index (κ2) is 11.2. The zero-order valence-corrected chi connectivity index (χ0v) is 19.4. The number of benzene rings is 2. The Labute approximate surface area is 189 Å². The second-order valence-electron chi connectivity index (χ2n) is 7.86. The van der Waals surface area contributed by atoms with Gasteiger partial charge in [0.15, 0.2) is 0 Å². The number of para-hydroxylation sites is 2. The highest BCUT2D eigenvalue weighted by Crippen LogP contribution is 2.23. The fourth-order valence-corrected chi connectivity index (χ4v) is 3.93. The van der Waals surface area contributed by atoms with Gasteiger partial charge in [0, 0.05) is 17.5 Å². The summed E-state index contributed by atoms with van der Waals surface area (Å²) in [5.41, 5.74) is 2.05. The van der Waals surface area contributed by atoms with Gasteiger partial charge in [-0.3, -0.25) is 4.79 Å². The zero-order chi connectivity index (χ0) is 22.2. The van der Waals surface area contributed by atoms with E-state index in [0.29, 0.717) is 11.6 Å². The van der Waals surface area contributed by atoms with Crippen molar-refractivity contribution in [2.75, 3.05) is 6.61 Å². The lowest BCUT2D eigenvalue weighted by molar-refractivity contribution is -0.125. The van der Waals surface area contributed by atoms with Gasteiger partial charge >= 0.3 is 0 Å². The summed E-state index contributed by atoms with van der Waals surface area (Å²) in [4.78, 5) is 17.4. The molecule has 0 bridgehead atoms. The highest BCUT2D eigenvalue weighted by Gasteiger charge is 2.21. The van der Waals surface area contributed by atoms with Gasteiger partial charge in [0.2, 0.25) is 5.91 Å². The number of nitrogens with one attached hydrogen (secondary N) is 1. The molecule has 1 aromatic heterocycles. The largest absolute Gasteiger partial charge is 0.494 e. The van der Waals surface area contributed by atoms with Crippen LogP contribution in [0.4, 0.5) is 0 Å². The number of carbonyl (C=O) groups is 1. The monoisotopic (exact) mass is 441 g/mol. The van der Waals surface area contributed by atoms with E-state index in [-0.39, 0.29) is 17.9 Å². The van der Waals surface area contributed by atoms with Crippen molar-refractivity contribution < 1.29 is 9.53 Å².